The number of nitrogens with two attached hydrogens (primary N) is 1. The van der Waals surface area contributed by atoms with Crippen LogP contribution in [0.5, 0.6) is 0 Å². The highest BCUT2D eigenvalue weighted by molar-refractivity contribution is 5.70. The van der Waals surface area contributed by atoms with Gasteiger partial charge in [-0.05, 0) is 0 Å². The summed E-state index contributed by atoms with van der Waals surface area (Å²) in [6, 6.07) is 1.75. The third kappa shape index (κ3) is 19.6. The van der Waals surface area contributed by atoms with E-state index in [1.165, 1.54) is 14.0 Å². The van der Waals surface area contributed by atoms with Crippen LogP contribution in [0.4, 0.5) is 0 Å². The van der Waals surface area contributed by atoms with E-state index in [1.54, 1.807) is 6.07 Å². The van der Waals surface area contributed by atoms with Crippen LogP contribution >= 0.6 is 0 Å². The average Bonchev–Trinajstić information content (AvgIpc) is 1.88. The van der Waals surface area contributed by atoms with Gasteiger partial charge in [-0.2, -0.15) is 5.26 Å². The van der Waals surface area contributed by atoms with Crippen LogP contribution in [0, 0.1) is 11.3 Å². The Kier molecular flexibility index (Phi) is 12.0. The number of nitriles is 1. The van der Waals surface area contributed by atoms with Gasteiger partial charge in [-0.3, -0.25) is 4.79 Å². The highest BCUT2D eigenvalue weighted by Crippen LogP contribution is 1.61. The molecule has 0 radical (unpaired) electrons. The number of esters is 1. The number of hydrogen-bond donors (Lipinski definition) is 1. The quantitative estimate of drug-likeness (QED) is 0.492. The maximum atomic E-state index is 9.83. The zero-order valence-electron chi connectivity index (χ0n) is 5.55. The smallest absolute Gasteiger partial charge is 0.319 e. The summed E-state index contributed by atoms with van der Waals surface area (Å²) in [5.41, 5.74) is 4.81. The number of ether oxygens (including phenoxy) is 1. The Morgan fingerprint density at radius 3 is 2.22 bits per heavy atom. The fourth-order valence-corrected chi connectivity index (χ4v) is 0.0833. The van der Waals surface area contributed by atoms with Gasteiger partial charge in [-0.1, -0.05) is 0 Å². The van der Waals surface area contributed by atoms with E-state index in [-0.39, 0.29) is 12.5 Å². The molecule has 4 heteroatoms. The third-order valence-corrected chi connectivity index (χ3v) is 0.394. The van der Waals surface area contributed by atoms with E-state index in [1.807, 2.05) is 0 Å². The van der Waals surface area contributed by atoms with Gasteiger partial charge in [0, 0.05) is 6.92 Å². The Hall–Kier alpha value is -1.08. The summed E-state index contributed by atoms with van der Waals surface area (Å²) >= 11 is 0. The molecule has 0 saturated carbocycles. The molecule has 0 bridgehead atoms. The molecule has 0 saturated heterocycles. The monoisotopic (exact) mass is 130 g/mol. The Balaban J connectivity index is 0. The van der Waals surface area contributed by atoms with Gasteiger partial charge >= 0.3 is 5.97 Å². The summed E-state index contributed by atoms with van der Waals surface area (Å²) < 4.78 is 4.14. The minimum Gasteiger partial charge on any atom is -0.468 e. The maximum Gasteiger partial charge on any atom is 0.319 e. The molecule has 9 heavy (non-hydrogen) atoms. The predicted octanol–water partition coefficient (Wildman–Crippen LogP) is -0.352. The second kappa shape index (κ2) is 10.0. The first-order valence-corrected chi connectivity index (χ1v) is 2.30. The summed E-state index contributed by atoms with van der Waals surface area (Å²) in [5.74, 6) is -0.380. The van der Waals surface area contributed by atoms with Crippen LogP contribution in [-0.4, -0.2) is 19.6 Å². The first kappa shape index (κ1) is 10.8. The van der Waals surface area contributed by atoms with Gasteiger partial charge in [0.25, 0.3) is 0 Å². The van der Waals surface area contributed by atoms with E-state index in [4.69, 9.17) is 11.0 Å². The summed E-state index contributed by atoms with van der Waals surface area (Å²) in [4.78, 5) is 9.83. The lowest BCUT2D eigenvalue weighted by Gasteiger charge is -1.87. The molecule has 0 aromatic rings. The molecular weight excluding hydrogens is 120 g/mol. The first-order chi connectivity index (χ1) is 4.22. The third-order valence-electron chi connectivity index (χ3n) is 0.394. The van der Waals surface area contributed by atoms with E-state index in [0.29, 0.717) is 0 Å². The Labute approximate surface area is 54.2 Å². The maximum absolute atomic E-state index is 9.83. The molecule has 0 amide bonds. The van der Waals surface area contributed by atoms with Crippen molar-refractivity contribution >= 4 is 5.97 Å². The summed E-state index contributed by atoms with van der Waals surface area (Å²) in [5, 5.41) is 7.32. The number of hydrogen-bond acceptors (Lipinski definition) is 4. The molecule has 0 aromatic carbocycles. The lowest BCUT2D eigenvalue weighted by Crippen LogP contribution is -2.14. The second-order valence-corrected chi connectivity index (χ2v) is 1.00. The lowest BCUT2D eigenvalue weighted by molar-refractivity contribution is -0.138. The Bertz CT molecular complexity index is 100. The molecule has 52 valence electrons. The van der Waals surface area contributed by atoms with Crippen molar-refractivity contribution in [2.24, 2.45) is 5.73 Å². The van der Waals surface area contributed by atoms with Crippen molar-refractivity contribution < 1.29 is 9.53 Å². The van der Waals surface area contributed by atoms with Crippen molar-refractivity contribution in [3.8, 4) is 6.07 Å². The van der Waals surface area contributed by atoms with Crippen LogP contribution in [0.1, 0.15) is 6.92 Å². The molecule has 0 aromatic heterocycles. The molecule has 0 atom stereocenters. The molecule has 4 nitrogen and oxygen atoms in total. The van der Waals surface area contributed by atoms with Gasteiger partial charge in [0.1, 0.15) is 0 Å². The first-order valence-electron chi connectivity index (χ1n) is 2.30. The van der Waals surface area contributed by atoms with Crippen LogP contribution in [0.3, 0.4) is 0 Å². The molecular formula is C5H10N2O2. The Morgan fingerprint density at radius 1 is 1.89 bits per heavy atom. The molecule has 0 heterocycles. The molecule has 0 fully saturated rings. The predicted molar refractivity (Wildman–Crippen MR) is 32.4 cm³/mol. The minimum absolute atomic E-state index is 0.0312. The molecule has 0 unspecified atom stereocenters. The largest absolute Gasteiger partial charge is 0.468 e. The normalized spacial score (nSPS) is 6.00. The van der Waals surface area contributed by atoms with Crippen LogP contribution in [-0.2, 0) is 9.53 Å². The van der Waals surface area contributed by atoms with Crippen molar-refractivity contribution in [3.05, 3.63) is 0 Å². The summed E-state index contributed by atoms with van der Waals surface area (Å²) in [6.07, 6.45) is 0. The highest BCUT2D eigenvalue weighted by atomic mass is 16.5. The van der Waals surface area contributed by atoms with Crippen molar-refractivity contribution in [2.75, 3.05) is 13.7 Å². The number of carbonyl (C=O) groups is 1. The number of rotatable bonds is 1. The van der Waals surface area contributed by atoms with Crippen molar-refractivity contribution in [3.63, 3.8) is 0 Å². The van der Waals surface area contributed by atoms with Gasteiger partial charge in [-0.15, -0.1) is 0 Å². The number of carbonyl (C=O) groups excluding carboxylic acids is 1. The fourth-order valence-electron chi connectivity index (χ4n) is 0.0833. The van der Waals surface area contributed by atoms with E-state index in [9.17, 15) is 4.79 Å². The zero-order chi connectivity index (χ0) is 7.70. The van der Waals surface area contributed by atoms with Crippen molar-refractivity contribution in [2.45, 2.75) is 6.92 Å². The molecule has 0 spiro atoms. The summed E-state index contributed by atoms with van der Waals surface area (Å²) in [7, 11) is 1.30. The number of nitrogens with zero attached hydrogens (tertiary/aromatic N) is 1. The average molecular weight is 130 g/mol. The van der Waals surface area contributed by atoms with Gasteiger partial charge < -0.3 is 10.5 Å². The molecule has 0 aliphatic heterocycles. The van der Waals surface area contributed by atoms with E-state index in [0.717, 1.165) is 0 Å². The fraction of sp³-hybridized carbons (Fsp3) is 0.600. The van der Waals surface area contributed by atoms with Gasteiger partial charge in [0.2, 0.25) is 0 Å². The molecule has 0 aliphatic rings. The van der Waals surface area contributed by atoms with E-state index < -0.39 is 0 Å². The SMILES string of the molecule is CC#N.COC(=O)CN. The van der Waals surface area contributed by atoms with Crippen molar-refractivity contribution in [1.82, 2.24) is 0 Å². The summed E-state index contributed by atoms with van der Waals surface area (Å²) in [6.45, 7) is 1.40. The topological polar surface area (TPSA) is 76.1 Å². The van der Waals surface area contributed by atoms with Crippen molar-refractivity contribution in [1.29, 1.82) is 5.26 Å². The minimum atomic E-state index is -0.380. The molecule has 2 N–H and O–H groups in total. The zero-order valence-corrected chi connectivity index (χ0v) is 5.55. The Morgan fingerprint density at radius 2 is 2.22 bits per heavy atom. The van der Waals surface area contributed by atoms with Gasteiger partial charge in [0.15, 0.2) is 0 Å². The second-order valence-electron chi connectivity index (χ2n) is 1.00. The van der Waals surface area contributed by atoms with Gasteiger partial charge in [-0.25, -0.2) is 0 Å². The van der Waals surface area contributed by atoms with Crippen LogP contribution in [0.2, 0.25) is 0 Å². The standard InChI is InChI=1S/C3H7NO2.C2H3N/c1-6-3(5)2-4;1-2-3/h2,4H2,1H3;1H3. The van der Waals surface area contributed by atoms with Crippen LogP contribution in [0.15, 0.2) is 0 Å². The number of methoxy groups -OCH3 is 1. The van der Waals surface area contributed by atoms with E-state index >= 15 is 0 Å². The van der Waals surface area contributed by atoms with Crippen LogP contribution in [0.25, 0.3) is 0 Å². The highest BCUT2D eigenvalue weighted by Gasteiger charge is 1.87. The lowest BCUT2D eigenvalue weighted by atomic mass is 10.7. The van der Waals surface area contributed by atoms with E-state index in [2.05, 4.69) is 4.74 Å². The molecule has 0 aliphatic carbocycles. The molecule has 0 rings (SSSR count). The van der Waals surface area contributed by atoms with Gasteiger partial charge in [0.05, 0.1) is 19.7 Å². The van der Waals surface area contributed by atoms with Crippen LogP contribution < -0.4 is 5.73 Å².